The highest BCUT2D eigenvalue weighted by Crippen LogP contribution is 2.31. The van der Waals surface area contributed by atoms with Crippen LogP contribution in [0.15, 0.2) is 18.2 Å². The molecule has 1 saturated heterocycles. The molecular weight excluding hydrogens is 367 g/mol. The van der Waals surface area contributed by atoms with Crippen LogP contribution in [0.1, 0.15) is 24.4 Å². The van der Waals surface area contributed by atoms with Crippen molar-refractivity contribution in [3.8, 4) is 11.5 Å². The summed E-state index contributed by atoms with van der Waals surface area (Å²) >= 11 is 0. The zero-order chi connectivity index (χ0) is 20.0. The van der Waals surface area contributed by atoms with Gasteiger partial charge in [0.1, 0.15) is 24.1 Å². The summed E-state index contributed by atoms with van der Waals surface area (Å²) in [4.78, 5) is 24.4. The third kappa shape index (κ3) is 6.02. The van der Waals surface area contributed by atoms with E-state index in [1.54, 1.807) is 31.7 Å². The molecule has 7 nitrogen and oxygen atoms in total. The van der Waals surface area contributed by atoms with Gasteiger partial charge in [-0.15, -0.1) is 0 Å². The van der Waals surface area contributed by atoms with E-state index in [1.165, 1.54) is 0 Å². The number of quaternary nitrogens is 1. The van der Waals surface area contributed by atoms with Crippen LogP contribution in [-0.2, 0) is 4.79 Å². The number of urea groups is 1. The summed E-state index contributed by atoms with van der Waals surface area (Å²) < 4.78 is 46.9. The number of methoxy groups -OCH3 is 2. The minimum absolute atomic E-state index is 0.0372. The molecule has 27 heavy (non-hydrogen) atoms. The first-order valence-corrected chi connectivity index (χ1v) is 8.44. The van der Waals surface area contributed by atoms with Crippen molar-refractivity contribution in [2.45, 2.75) is 25.1 Å². The number of rotatable bonds is 6. The number of imide groups is 1. The molecule has 1 fully saturated rings. The molecular formula is C17H23F3N3O4+. The fourth-order valence-corrected chi connectivity index (χ4v) is 3.21. The summed E-state index contributed by atoms with van der Waals surface area (Å²) in [5.74, 6) is 0.690. The molecule has 0 radical (unpaired) electrons. The smallest absolute Gasteiger partial charge is 0.405 e. The summed E-state index contributed by atoms with van der Waals surface area (Å²) in [5, 5.41) is 3.55. The van der Waals surface area contributed by atoms with Gasteiger partial charge >= 0.3 is 12.2 Å². The molecule has 2 atom stereocenters. The van der Waals surface area contributed by atoms with E-state index in [1.807, 2.05) is 11.4 Å². The van der Waals surface area contributed by atoms with Gasteiger partial charge in [0.15, 0.2) is 6.54 Å². The van der Waals surface area contributed by atoms with Crippen molar-refractivity contribution in [3.63, 3.8) is 0 Å². The predicted octanol–water partition coefficient (Wildman–Crippen LogP) is 0.812. The molecule has 0 aromatic heterocycles. The Balaban J connectivity index is 2.00. The fraction of sp³-hybridized carbons (Fsp3) is 0.529. The van der Waals surface area contributed by atoms with Gasteiger partial charge in [-0.3, -0.25) is 10.1 Å². The number of halogens is 3. The Morgan fingerprint density at radius 1 is 1.26 bits per heavy atom. The molecule has 0 aliphatic carbocycles. The molecule has 1 aromatic carbocycles. The lowest BCUT2D eigenvalue weighted by atomic mass is 10.0. The Morgan fingerprint density at radius 2 is 2.00 bits per heavy atom. The second kappa shape index (κ2) is 8.94. The van der Waals surface area contributed by atoms with Crippen molar-refractivity contribution in [1.29, 1.82) is 0 Å². The molecule has 2 rings (SSSR count). The Labute approximate surface area is 154 Å². The van der Waals surface area contributed by atoms with Crippen LogP contribution in [0, 0.1) is 0 Å². The standard InChI is InChI=1S/C17H22F3N3O4/c1-26-11-5-6-14(27-2)12(8-11)13-4-3-7-23(13)9-15(24)22-16(25)21-10-17(18,19)20/h5-6,8,13H,3-4,7,9-10H2,1-2H3,(H2,21,22,24,25)/p+1/t13-/m0/s1. The molecule has 3 amide bonds. The molecule has 0 saturated carbocycles. The van der Waals surface area contributed by atoms with Crippen LogP contribution in [-0.4, -0.2) is 52.0 Å². The molecule has 1 heterocycles. The lowest BCUT2D eigenvalue weighted by Crippen LogP contribution is -3.11. The average Bonchev–Trinajstić information content (AvgIpc) is 3.06. The van der Waals surface area contributed by atoms with Crippen LogP contribution >= 0.6 is 0 Å². The summed E-state index contributed by atoms with van der Waals surface area (Å²) in [7, 11) is 3.11. The van der Waals surface area contributed by atoms with Gasteiger partial charge in [-0.25, -0.2) is 4.79 Å². The Morgan fingerprint density at radius 3 is 2.63 bits per heavy atom. The normalized spacial score (nSPS) is 19.4. The molecule has 150 valence electrons. The first-order chi connectivity index (χ1) is 12.7. The van der Waals surface area contributed by atoms with Crippen LogP contribution in [0.25, 0.3) is 0 Å². The molecule has 1 aliphatic rings. The number of nitrogens with one attached hydrogen (secondary N) is 3. The van der Waals surface area contributed by atoms with E-state index in [-0.39, 0.29) is 12.6 Å². The molecule has 10 heteroatoms. The van der Waals surface area contributed by atoms with Gasteiger partial charge in [-0.2, -0.15) is 13.2 Å². The number of benzene rings is 1. The van der Waals surface area contributed by atoms with Gasteiger partial charge in [0.2, 0.25) is 0 Å². The van der Waals surface area contributed by atoms with Crippen LogP contribution < -0.4 is 25.0 Å². The maximum Gasteiger partial charge on any atom is 0.405 e. The minimum atomic E-state index is -4.53. The second-order valence-corrected chi connectivity index (χ2v) is 6.23. The number of ether oxygens (including phenoxy) is 2. The van der Waals surface area contributed by atoms with Gasteiger partial charge in [-0.1, -0.05) is 0 Å². The first-order valence-electron chi connectivity index (χ1n) is 8.44. The zero-order valence-electron chi connectivity index (χ0n) is 15.1. The van der Waals surface area contributed by atoms with E-state index in [9.17, 15) is 22.8 Å². The van der Waals surface area contributed by atoms with Crippen molar-refractivity contribution in [1.82, 2.24) is 10.6 Å². The molecule has 3 N–H and O–H groups in total. The maximum atomic E-state index is 12.1. The summed E-state index contributed by atoms with van der Waals surface area (Å²) in [6, 6.07) is 4.21. The second-order valence-electron chi connectivity index (χ2n) is 6.23. The van der Waals surface area contributed by atoms with Gasteiger partial charge < -0.3 is 19.7 Å². The van der Waals surface area contributed by atoms with Gasteiger partial charge in [0.05, 0.1) is 26.3 Å². The quantitative estimate of drug-likeness (QED) is 0.672. The monoisotopic (exact) mass is 390 g/mol. The van der Waals surface area contributed by atoms with E-state index in [4.69, 9.17) is 9.47 Å². The summed E-state index contributed by atoms with van der Waals surface area (Å²) in [6.45, 7) is -0.834. The lowest BCUT2D eigenvalue weighted by molar-refractivity contribution is -0.910. The number of carbonyl (C=O) groups is 2. The third-order valence-electron chi connectivity index (χ3n) is 4.39. The van der Waals surface area contributed by atoms with Crippen molar-refractivity contribution < 1.29 is 37.1 Å². The maximum absolute atomic E-state index is 12.1. The van der Waals surface area contributed by atoms with E-state index in [2.05, 4.69) is 0 Å². The highest BCUT2D eigenvalue weighted by molar-refractivity contribution is 5.94. The molecule has 1 aromatic rings. The van der Waals surface area contributed by atoms with Gasteiger partial charge in [-0.05, 0) is 18.2 Å². The van der Waals surface area contributed by atoms with Crippen LogP contribution in [0.4, 0.5) is 18.0 Å². The van der Waals surface area contributed by atoms with E-state index in [0.717, 1.165) is 23.3 Å². The van der Waals surface area contributed by atoms with Gasteiger partial charge in [0, 0.05) is 12.8 Å². The average molecular weight is 390 g/mol. The van der Waals surface area contributed by atoms with Gasteiger partial charge in [0.25, 0.3) is 5.91 Å². The number of amides is 3. The van der Waals surface area contributed by atoms with Crippen molar-refractivity contribution in [2.75, 3.05) is 33.9 Å². The van der Waals surface area contributed by atoms with Crippen LogP contribution in [0.3, 0.4) is 0 Å². The van der Waals surface area contributed by atoms with E-state index < -0.39 is 24.7 Å². The Bertz CT molecular complexity index is 682. The lowest BCUT2D eigenvalue weighted by Gasteiger charge is -2.23. The number of hydrogen-bond acceptors (Lipinski definition) is 4. The minimum Gasteiger partial charge on any atom is -0.497 e. The molecule has 0 bridgehead atoms. The Kier molecular flexibility index (Phi) is 6.89. The van der Waals surface area contributed by atoms with Crippen molar-refractivity contribution in [3.05, 3.63) is 23.8 Å². The molecule has 0 spiro atoms. The van der Waals surface area contributed by atoms with Crippen molar-refractivity contribution in [2.24, 2.45) is 0 Å². The summed E-state index contributed by atoms with van der Waals surface area (Å²) in [5.41, 5.74) is 0.888. The molecule has 1 aliphatic heterocycles. The number of carbonyl (C=O) groups excluding carboxylic acids is 2. The van der Waals surface area contributed by atoms with E-state index >= 15 is 0 Å². The zero-order valence-corrected chi connectivity index (χ0v) is 15.1. The highest BCUT2D eigenvalue weighted by Gasteiger charge is 2.34. The highest BCUT2D eigenvalue weighted by atomic mass is 19.4. The van der Waals surface area contributed by atoms with Crippen molar-refractivity contribution >= 4 is 11.9 Å². The Hall–Kier alpha value is -2.49. The SMILES string of the molecule is COc1ccc(OC)c([C@@H]2CCC[NH+]2CC(=O)NC(=O)NCC(F)(F)F)c1. The van der Waals surface area contributed by atoms with E-state index in [0.29, 0.717) is 18.0 Å². The predicted molar refractivity (Wildman–Crippen MR) is 89.8 cm³/mol. The topological polar surface area (TPSA) is 81.1 Å². The largest absolute Gasteiger partial charge is 0.497 e. The summed E-state index contributed by atoms with van der Waals surface area (Å²) in [6.07, 6.45) is -2.85. The number of likely N-dealkylation sites (tertiary alicyclic amines) is 1. The van der Waals surface area contributed by atoms with Crippen LogP contribution in [0.5, 0.6) is 11.5 Å². The first kappa shape index (κ1) is 20.8. The molecule has 1 unspecified atom stereocenters. The number of hydrogen-bond donors (Lipinski definition) is 3. The van der Waals surface area contributed by atoms with Crippen LogP contribution in [0.2, 0.25) is 0 Å². The third-order valence-corrected chi connectivity index (χ3v) is 4.39. The number of alkyl halides is 3. The fourth-order valence-electron chi connectivity index (χ4n) is 3.21.